The highest BCUT2D eigenvalue weighted by atomic mass is 32.1. The van der Waals surface area contributed by atoms with E-state index in [1.54, 1.807) is 0 Å². The normalized spacial score (nSPS) is 20.0. The van der Waals surface area contributed by atoms with Crippen molar-refractivity contribution in [3.05, 3.63) is 0 Å². The van der Waals surface area contributed by atoms with Crippen LogP contribution in [0.4, 0.5) is 4.79 Å². The lowest BCUT2D eigenvalue weighted by atomic mass is 9.94. The molecule has 0 radical (unpaired) electrons. The van der Waals surface area contributed by atoms with Gasteiger partial charge < -0.3 is 9.80 Å². The average Bonchev–Trinajstić information content (AvgIpc) is 2.27. The lowest BCUT2D eigenvalue weighted by Gasteiger charge is -2.36. The van der Waals surface area contributed by atoms with E-state index in [1.165, 1.54) is 0 Å². The molecule has 1 fully saturated rings. The summed E-state index contributed by atoms with van der Waals surface area (Å²) in [6.07, 6.45) is 2.17. The van der Waals surface area contributed by atoms with Crippen LogP contribution in [0, 0.1) is 5.92 Å². The lowest BCUT2D eigenvalue weighted by Crippen LogP contribution is -2.48. The quantitative estimate of drug-likeness (QED) is 0.741. The first kappa shape index (κ1) is 13.7. The number of rotatable bonds is 2. The summed E-state index contributed by atoms with van der Waals surface area (Å²) in [5, 5.41) is 0.445. The first-order valence-corrected chi connectivity index (χ1v) is 6.65. The van der Waals surface area contributed by atoms with Gasteiger partial charge in [-0.05, 0) is 32.6 Å². The minimum absolute atomic E-state index is 0.167. The summed E-state index contributed by atoms with van der Waals surface area (Å²) < 4.78 is 0. The molecule has 1 saturated heterocycles. The van der Waals surface area contributed by atoms with Gasteiger partial charge in [-0.1, -0.05) is 6.92 Å². The summed E-state index contributed by atoms with van der Waals surface area (Å²) in [6.45, 7) is 7.99. The summed E-state index contributed by atoms with van der Waals surface area (Å²) in [5.41, 5.74) is 0. The Labute approximate surface area is 105 Å². The Bertz CT molecular complexity index is 235. The smallest absolute Gasteiger partial charge is 0.319 e. The van der Waals surface area contributed by atoms with Crippen LogP contribution in [0.15, 0.2) is 0 Å². The van der Waals surface area contributed by atoms with Gasteiger partial charge in [-0.15, -0.1) is 0 Å². The molecule has 1 unspecified atom stereocenters. The lowest BCUT2D eigenvalue weighted by molar-refractivity contribution is 0.132. The molecular weight excluding hydrogens is 220 g/mol. The molecule has 1 rings (SSSR count). The summed E-state index contributed by atoms with van der Waals surface area (Å²) in [4.78, 5) is 15.8. The molecule has 2 amide bonds. The van der Waals surface area contributed by atoms with Crippen LogP contribution in [0.1, 0.15) is 33.6 Å². The van der Waals surface area contributed by atoms with Crippen molar-refractivity contribution in [3.8, 4) is 0 Å². The van der Waals surface area contributed by atoms with Gasteiger partial charge in [0.15, 0.2) is 0 Å². The minimum atomic E-state index is 0.167. The monoisotopic (exact) mass is 244 g/mol. The predicted octanol–water partition coefficient (Wildman–Crippen LogP) is 2.48. The highest BCUT2D eigenvalue weighted by Crippen LogP contribution is 2.24. The minimum Gasteiger partial charge on any atom is -0.325 e. The number of hydrogen-bond acceptors (Lipinski definition) is 2. The average molecular weight is 244 g/mol. The fourth-order valence-electron chi connectivity index (χ4n) is 2.02. The summed E-state index contributed by atoms with van der Waals surface area (Å²) in [7, 11) is 1.88. The number of likely N-dealkylation sites (tertiary alicyclic amines) is 1. The zero-order valence-corrected chi connectivity index (χ0v) is 11.7. The number of amides is 2. The van der Waals surface area contributed by atoms with Gasteiger partial charge in [0.1, 0.15) is 0 Å². The number of carbonyl (C=O) groups excluding carboxylic acids is 1. The highest BCUT2D eigenvalue weighted by Gasteiger charge is 2.27. The molecule has 94 valence electrons. The Hall–Kier alpha value is -0.380. The van der Waals surface area contributed by atoms with E-state index >= 15 is 0 Å². The topological polar surface area (TPSA) is 23.6 Å². The van der Waals surface area contributed by atoms with Crippen molar-refractivity contribution in [2.24, 2.45) is 5.92 Å². The van der Waals surface area contributed by atoms with Crippen LogP contribution in [0.3, 0.4) is 0 Å². The van der Waals surface area contributed by atoms with Crippen molar-refractivity contribution in [2.75, 3.05) is 20.1 Å². The third kappa shape index (κ3) is 3.30. The molecule has 0 bridgehead atoms. The molecule has 0 aromatic carbocycles. The van der Waals surface area contributed by atoms with Gasteiger partial charge in [-0.3, -0.25) is 0 Å². The molecule has 0 aromatic rings. The maximum absolute atomic E-state index is 12.0. The maximum atomic E-state index is 12.0. The van der Waals surface area contributed by atoms with Crippen LogP contribution in [0.25, 0.3) is 0 Å². The van der Waals surface area contributed by atoms with Gasteiger partial charge >= 0.3 is 6.03 Å². The highest BCUT2D eigenvalue weighted by molar-refractivity contribution is 7.80. The maximum Gasteiger partial charge on any atom is 0.319 e. The Balaban J connectivity index is 2.45. The Kier molecular flexibility index (Phi) is 4.96. The van der Waals surface area contributed by atoms with Gasteiger partial charge in [0.05, 0.1) is 0 Å². The van der Waals surface area contributed by atoms with Crippen LogP contribution in [0.2, 0.25) is 0 Å². The molecule has 1 heterocycles. The largest absolute Gasteiger partial charge is 0.325 e. The fourth-order valence-corrected chi connectivity index (χ4v) is 2.32. The molecule has 0 aromatic heterocycles. The van der Waals surface area contributed by atoms with Crippen LogP contribution in [0.5, 0.6) is 0 Å². The second-order valence-corrected chi connectivity index (χ2v) is 5.87. The predicted molar refractivity (Wildman–Crippen MR) is 71.0 cm³/mol. The number of thiol groups is 1. The van der Waals surface area contributed by atoms with Gasteiger partial charge in [0, 0.05) is 31.4 Å². The van der Waals surface area contributed by atoms with Gasteiger partial charge in [0.2, 0.25) is 0 Å². The van der Waals surface area contributed by atoms with E-state index < -0.39 is 0 Å². The van der Waals surface area contributed by atoms with Gasteiger partial charge in [-0.25, -0.2) is 4.79 Å². The van der Waals surface area contributed by atoms with Crippen molar-refractivity contribution in [3.63, 3.8) is 0 Å². The summed E-state index contributed by atoms with van der Waals surface area (Å²) in [6, 6.07) is 0.439. The molecule has 1 atom stereocenters. The van der Waals surface area contributed by atoms with Crippen molar-refractivity contribution >= 4 is 18.7 Å². The SMILES string of the molecule is CC(S)C1CCN(C(=O)N(C)C(C)C)CC1. The summed E-state index contributed by atoms with van der Waals surface area (Å²) in [5.74, 6) is 0.664. The van der Waals surface area contributed by atoms with Crippen molar-refractivity contribution in [1.29, 1.82) is 0 Å². The van der Waals surface area contributed by atoms with Crippen molar-refractivity contribution < 1.29 is 4.79 Å². The molecule has 4 heteroatoms. The number of hydrogen-bond donors (Lipinski definition) is 1. The molecule has 1 aliphatic heterocycles. The fraction of sp³-hybridized carbons (Fsp3) is 0.917. The molecule has 0 N–H and O–H groups in total. The zero-order chi connectivity index (χ0) is 12.3. The van der Waals surface area contributed by atoms with Crippen LogP contribution >= 0.6 is 12.6 Å². The van der Waals surface area contributed by atoms with E-state index in [0.29, 0.717) is 11.2 Å². The third-order valence-electron chi connectivity index (χ3n) is 3.57. The third-order valence-corrected chi connectivity index (χ3v) is 3.99. The Morgan fingerprint density at radius 2 is 1.81 bits per heavy atom. The van der Waals surface area contributed by atoms with E-state index in [2.05, 4.69) is 19.6 Å². The van der Waals surface area contributed by atoms with Gasteiger partial charge in [0.25, 0.3) is 0 Å². The van der Waals surface area contributed by atoms with E-state index in [4.69, 9.17) is 0 Å². The standard InChI is InChI=1S/C12H24N2OS/c1-9(2)13(4)12(15)14-7-5-11(6-8-14)10(3)16/h9-11,16H,5-8H2,1-4H3. The molecule has 16 heavy (non-hydrogen) atoms. The number of nitrogens with zero attached hydrogens (tertiary/aromatic N) is 2. The van der Waals surface area contributed by atoms with Gasteiger partial charge in [-0.2, -0.15) is 12.6 Å². The van der Waals surface area contributed by atoms with Crippen LogP contribution < -0.4 is 0 Å². The van der Waals surface area contributed by atoms with E-state index in [9.17, 15) is 4.79 Å². The van der Waals surface area contributed by atoms with E-state index in [0.717, 1.165) is 25.9 Å². The van der Waals surface area contributed by atoms with E-state index in [1.807, 2.05) is 30.7 Å². The van der Waals surface area contributed by atoms with Crippen molar-refractivity contribution in [2.45, 2.75) is 44.9 Å². The Morgan fingerprint density at radius 3 is 2.19 bits per heavy atom. The molecule has 3 nitrogen and oxygen atoms in total. The second kappa shape index (κ2) is 5.80. The number of piperidine rings is 1. The van der Waals surface area contributed by atoms with Crippen LogP contribution in [-0.2, 0) is 0 Å². The molecule has 0 aliphatic carbocycles. The number of urea groups is 1. The number of carbonyl (C=O) groups is 1. The molecule has 0 spiro atoms. The molecular formula is C12H24N2OS. The zero-order valence-electron chi connectivity index (χ0n) is 10.8. The first-order valence-electron chi connectivity index (χ1n) is 6.13. The first-order chi connectivity index (χ1) is 7.43. The Morgan fingerprint density at radius 1 is 1.31 bits per heavy atom. The molecule has 1 aliphatic rings. The molecule has 0 saturated carbocycles. The van der Waals surface area contributed by atoms with E-state index in [-0.39, 0.29) is 12.1 Å². The summed E-state index contributed by atoms with van der Waals surface area (Å²) >= 11 is 4.48. The van der Waals surface area contributed by atoms with Crippen LogP contribution in [-0.4, -0.2) is 47.3 Å². The second-order valence-electron chi connectivity index (χ2n) is 5.05. The van der Waals surface area contributed by atoms with Crippen molar-refractivity contribution in [1.82, 2.24) is 9.80 Å².